The van der Waals surface area contributed by atoms with Crippen molar-refractivity contribution in [2.75, 3.05) is 19.6 Å². The lowest BCUT2D eigenvalue weighted by atomic mass is 9.85. The molecule has 0 bridgehead atoms. The first-order valence-electron chi connectivity index (χ1n) is 10.3. The zero-order valence-corrected chi connectivity index (χ0v) is 16.7. The second kappa shape index (κ2) is 9.22. The normalized spacial score (nSPS) is 17.2. The summed E-state index contributed by atoms with van der Waals surface area (Å²) in [6, 6.07) is 8.27. The standard InChI is InChI=1S/C21H33N5O/c1-3-22-20(24-16-21(27)12-7-4-8-13-21)23-14-9-15-26-17(2)25-18-10-5-6-11-19(18)26/h5-6,10-11,27H,3-4,7-9,12-16H2,1-2H3,(H2,22,23,24). The van der Waals surface area contributed by atoms with E-state index < -0.39 is 5.60 Å². The molecule has 1 aliphatic carbocycles. The SMILES string of the molecule is CCNC(=NCC1(O)CCCCC1)NCCCn1c(C)nc2ccccc21. The molecule has 1 aromatic heterocycles. The summed E-state index contributed by atoms with van der Waals surface area (Å²) in [5, 5.41) is 17.3. The smallest absolute Gasteiger partial charge is 0.191 e. The average Bonchev–Trinajstić information content (AvgIpc) is 2.99. The summed E-state index contributed by atoms with van der Waals surface area (Å²) in [5.74, 6) is 1.85. The molecule has 0 amide bonds. The van der Waals surface area contributed by atoms with E-state index in [4.69, 9.17) is 0 Å². The minimum atomic E-state index is -0.618. The maximum Gasteiger partial charge on any atom is 0.191 e. The Hall–Kier alpha value is -2.08. The molecule has 0 aliphatic heterocycles. The van der Waals surface area contributed by atoms with Crippen LogP contribution in [0.25, 0.3) is 11.0 Å². The van der Waals surface area contributed by atoms with E-state index in [1.807, 2.05) is 6.07 Å². The van der Waals surface area contributed by atoms with Gasteiger partial charge in [-0.3, -0.25) is 4.99 Å². The van der Waals surface area contributed by atoms with Crippen molar-refractivity contribution in [3.8, 4) is 0 Å². The van der Waals surface area contributed by atoms with Crippen molar-refractivity contribution in [1.29, 1.82) is 0 Å². The Bertz CT molecular complexity index is 761. The molecule has 0 radical (unpaired) electrons. The second-order valence-electron chi connectivity index (χ2n) is 7.56. The molecular weight excluding hydrogens is 338 g/mol. The van der Waals surface area contributed by atoms with E-state index in [0.29, 0.717) is 6.54 Å². The van der Waals surface area contributed by atoms with Crippen molar-refractivity contribution < 1.29 is 5.11 Å². The highest BCUT2D eigenvalue weighted by atomic mass is 16.3. The van der Waals surface area contributed by atoms with Crippen LogP contribution >= 0.6 is 0 Å². The van der Waals surface area contributed by atoms with Crippen LogP contribution in [0.4, 0.5) is 0 Å². The zero-order valence-electron chi connectivity index (χ0n) is 16.7. The number of hydrogen-bond acceptors (Lipinski definition) is 3. The average molecular weight is 372 g/mol. The molecule has 1 heterocycles. The number of rotatable bonds is 7. The highest BCUT2D eigenvalue weighted by Crippen LogP contribution is 2.28. The minimum Gasteiger partial charge on any atom is -0.388 e. The Morgan fingerprint density at radius 2 is 2.00 bits per heavy atom. The summed E-state index contributed by atoms with van der Waals surface area (Å²) in [5.41, 5.74) is 1.63. The Labute approximate surface area is 162 Å². The van der Waals surface area contributed by atoms with Gasteiger partial charge in [-0.1, -0.05) is 31.4 Å². The predicted octanol–water partition coefficient (Wildman–Crippen LogP) is 2.99. The molecule has 1 saturated carbocycles. The van der Waals surface area contributed by atoms with Crippen LogP contribution in [0.2, 0.25) is 0 Å². The van der Waals surface area contributed by atoms with Crippen LogP contribution in [0.3, 0.4) is 0 Å². The topological polar surface area (TPSA) is 74.5 Å². The Kier molecular flexibility index (Phi) is 6.72. The minimum absolute atomic E-state index is 0.480. The lowest BCUT2D eigenvalue weighted by Gasteiger charge is -2.30. The third-order valence-corrected chi connectivity index (χ3v) is 5.36. The number of para-hydroxylation sites is 2. The van der Waals surface area contributed by atoms with Crippen molar-refractivity contribution in [2.45, 2.75) is 64.5 Å². The molecule has 0 spiro atoms. The molecule has 1 aliphatic rings. The summed E-state index contributed by atoms with van der Waals surface area (Å²) in [4.78, 5) is 9.26. The monoisotopic (exact) mass is 371 g/mol. The Morgan fingerprint density at radius 3 is 2.78 bits per heavy atom. The lowest BCUT2D eigenvalue weighted by molar-refractivity contribution is 0.0131. The van der Waals surface area contributed by atoms with E-state index in [0.717, 1.165) is 69.0 Å². The van der Waals surface area contributed by atoms with Gasteiger partial charge in [0.2, 0.25) is 0 Å². The van der Waals surface area contributed by atoms with Crippen molar-refractivity contribution in [3.05, 3.63) is 30.1 Å². The van der Waals surface area contributed by atoms with Crippen molar-refractivity contribution in [3.63, 3.8) is 0 Å². The molecule has 6 heteroatoms. The molecule has 0 saturated heterocycles. The molecule has 148 valence electrons. The van der Waals surface area contributed by atoms with Crippen LogP contribution in [0.1, 0.15) is 51.3 Å². The zero-order chi connectivity index (χ0) is 19.1. The molecule has 1 aromatic carbocycles. The van der Waals surface area contributed by atoms with Crippen molar-refractivity contribution in [2.24, 2.45) is 4.99 Å². The van der Waals surface area contributed by atoms with Crippen molar-refractivity contribution >= 4 is 17.0 Å². The van der Waals surface area contributed by atoms with Gasteiger partial charge >= 0.3 is 0 Å². The van der Waals surface area contributed by atoms with Crippen molar-refractivity contribution in [1.82, 2.24) is 20.2 Å². The number of aryl methyl sites for hydroxylation is 2. The molecule has 0 atom stereocenters. The molecule has 3 rings (SSSR count). The van der Waals surface area contributed by atoms with E-state index >= 15 is 0 Å². The largest absolute Gasteiger partial charge is 0.388 e. The summed E-state index contributed by atoms with van der Waals surface area (Å²) >= 11 is 0. The van der Waals surface area contributed by atoms with E-state index in [9.17, 15) is 5.11 Å². The number of aliphatic hydroxyl groups is 1. The maximum absolute atomic E-state index is 10.6. The number of aromatic nitrogens is 2. The summed E-state index contributed by atoms with van der Waals surface area (Å²) < 4.78 is 2.27. The number of fused-ring (bicyclic) bond motifs is 1. The highest BCUT2D eigenvalue weighted by molar-refractivity contribution is 5.79. The first-order chi connectivity index (χ1) is 13.1. The van der Waals surface area contributed by atoms with Crippen LogP contribution in [0.5, 0.6) is 0 Å². The van der Waals surface area contributed by atoms with Gasteiger partial charge in [0.1, 0.15) is 5.82 Å². The fraction of sp³-hybridized carbons (Fsp3) is 0.619. The van der Waals surface area contributed by atoms with Crippen LogP contribution in [-0.2, 0) is 6.54 Å². The number of aliphatic imine (C=N–C) groups is 1. The van der Waals surface area contributed by atoms with Crippen LogP contribution in [0.15, 0.2) is 29.3 Å². The van der Waals surface area contributed by atoms with Gasteiger partial charge in [-0.2, -0.15) is 0 Å². The van der Waals surface area contributed by atoms with Gasteiger partial charge in [-0.25, -0.2) is 4.98 Å². The molecule has 3 N–H and O–H groups in total. The number of guanidine groups is 1. The maximum atomic E-state index is 10.6. The number of hydrogen-bond donors (Lipinski definition) is 3. The van der Waals surface area contributed by atoms with Crippen LogP contribution in [-0.4, -0.2) is 45.9 Å². The lowest BCUT2D eigenvalue weighted by Crippen LogP contribution is -2.41. The Balaban J connectivity index is 1.52. The first kappa shape index (κ1) is 19.7. The summed E-state index contributed by atoms with van der Waals surface area (Å²) in [6.07, 6.45) is 6.15. The summed E-state index contributed by atoms with van der Waals surface area (Å²) in [7, 11) is 0. The third-order valence-electron chi connectivity index (χ3n) is 5.36. The van der Waals surface area contributed by atoms with Gasteiger partial charge in [0, 0.05) is 19.6 Å². The molecule has 6 nitrogen and oxygen atoms in total. The molecule has 0 unspecified atom stereocenters. The predicted molar refractivity (Wildman–Crippen MR) is 111 cm³/mol. The third kappa shape index (κ3) is 5.22. The number of nitrogens with zero attached hydrogens (tertiary/aromatic N) is 3. The number of nitrogens with one attached hydrogen (secondary N) is 2. The van der Waals surface area contributed by atoms with Gasteiger partial charge in [-0.05, 0) is 45.2 Å². The first-order valence-corrected chi connectivity index (χ1v) is 10.3. The fourth-order valence-electron chi connectivity index (χ4n) is 3.86. The molecule has 1 fully saturated rings. The fourth-order valence-corrected chi connectivity index (χ4v) is 3.86. The quantitative estimate of drug-likeness (QED) is 0.397. The van der Waals surface area contributed by atoms with Gasteiger partial charge < -0.3 is 20.3 Å². The number of imidazole rings is 1. The summed E-state index contributed by atoms with van der Waals surface area (Å²) in [6.45, 7) is 7.17. The molecular formula is C21H33N5O. The van der Waals surface area contributed by atoms with Gasteiger partial charge in [0.25, 0.3) is 0 Å². The second-order valence-corrected chi connectivity index (χ2v) is 7.56. The van der Waals surface area contributed by atoms with E-state index in [1.54, 1.807) is 0 Å². The Morgan fingerprint density at radius 1 is 1.22 bits per heavy atom. The number of benzene rings is 1. The van der Waals surface area contributed by atoms with E-state index in [1.165, 1.54) is 11.9 Å². The van der Waals surface area contributed by atoms with Crippen LogP contribution in [0, 0.1) is 6.92 Å². The van der Waals surface area contributed by atoms with Gasteiger partial charge in [-0.15, -0.1) is 0 Å². The van der Waals surface area contributed by atoms with Gasteiger partial charge in [0.05, 0.1) is 23.2 Å². The molecule has 27 heavy (non-hydrogen) atoms. The highest BCUT2D eigenvalue weighted by Gasteiger charge is 2.28. The molecule has 2 aromatic rings. The van der Waals surface area contributed by atoms with Crippen LogP contribution < -0.4 is 10.6 Å². The van der Waals surface area contributed by atoms with E-state index in [2.05, 4.69) is 57.2 Å². The van der Waals surface area contributed by atoms with Gasteiger partial charge in [0.15, 0.2) is 5.96 Å². The van der Waals surface area contributed by atoms with E-state index in [-0.39, 0.29) is 0 Å².